The highest BCUT2D eigenvalue weighted by atomic mass is 19.1. The van der Waals surface area contributed by atoms with Gasteiger partial charge in [0.2, 0.25) is 0 Å². The van der Waals surface area contributed by atoms with E-state index in [1.165, 1.54) is 17.3 Å². The topological polar surface area (TPSA) is 70.5 Å². The van der Waals surface area contributed by atoms with Crippen molar-refractivity contribution in [3.63, 3.8) is 0 Å². The Hall–Kier alpha value is -1.98. The summed E-state index contributed by atoms with van der Waals surface area (Å²) in [5.41, 5.74) is -0.0636. The van der Waals surface area contributed by atoms with Gasteiger partial charge in [-0.05, 0) is 18.9 Å². The first-order valence-electron chi connectivity index (χ1n) is 5.71. The number of likely N-dealkylation sites (tertiary alicyclic amines) is 1. The maximum atomic E-state index is 13.4. The van der Waals surface area contributed by atoms with Crippen molar-refractivity contribution in [1.82, 2.24) is 9.88 Å². The molecule has 1 aliphatic heterocycles. The van der Waals surface area contributed by atoms with Gasteiger partial charge >= 0.3 is 5.97 Å². The molecule has 1 fully saturated rings. The van der Waals surface area contributed by atoms with Gasteiger partial charge in [-0.2, -0.15) is 0 Å². The van der Waals surface area contributed by atoms with Gasteiger partial charge in [0.1, 0.15) is 5.82 Å². The van der Waals surface area contributed by atoms with Crippen LogP contribution in [0.2, 0.25) is 0 Å². The van der Waals surface area contributed by atoms with E-state index >= 15 is 0 Å². The predicted octanol–water partition coefficient (Wildman–Crippen LogP) is 1.16. The second-order valence-electron chi connectivity index (χ2n) is 4.26. The van der Waals surface area contributed by atoms with E-state index in [-0.39, 0.29) is 5.56 Å². The van der Waals surface area contributed by atoms with Crippen molar-refractivity contribution in [2.75, 3.05) is 13.1 Å². The highest BCUT2D eigenvalue weighted by molar-refractivity contribution is 5.94. The summed E-state index contributed by atoms with van der Waals surface area (Å²) in [5, 5.41) is 8.85. The van der Waals surface area contributed by atoms with Crippen LogP contribution in [0.5, 0.6) is 0 Å². The van der Waals surface area contributed by atoms with E-state index in [9.17, 15) is 14.0 Å². The fourth-order valence-corrected chi connectivity index (χ4v) is 2.03. The first kappa shape index (κ1) is 12.5. The lowest BCUT2D eigenvalue weighted by Gasteiger charge is -2.30. The first-order chi connectivity index (χ1) is 8.59. The number of halogens is 1. The van der Waals surface area contributed by atoms with Crippen molar-refractivity contribution in [3.05, 3.63) is 29.8 Å². The van der Waals surface area contributed by atoms with Crippen LogP contribution in [0.4, 0.5) is 4.39 Å². The zero-order valence-electron chi connectivity index (χ0n) is 9.67. The van der Waals surface area contributed by atoms with Crippen molar-refractivity contribution in [2.24, 2.45) is 5.92 Å². The molecule has 5 nitrogen and oxygen atoms in total. The number of hydrogen-bond acceptors (Lipinski definition) is 3. The van der Waals surface area contributed by atoms with Gasteiger partial charge in [0.25, 0.3) is 5.91 Å². The third kappa shape index (κ3) is 2.47. The van der Waals surface area contributed by atoms with E-state index in [2.05, 4.69) is 4.98 Å². The molecule has 2 heterocycles. The van der Waals surface area contributed by atoms with Crippen LogP contribution in [-0.2, 0) is 4.79 Å². The Morgan fingerprint density at radius 3 is 2.61 bits per heavy atom. The summed E-state index contributed by atoms with van der Waals surface area (Å²) >= 11 is 0. The monoisotopic (exact) mass is 252 g/mol. The van der Waals surface area contributed by atoms with E-state index < -0.39 is 23.6 Å². The summed E-state index contributed by atoms with van der Waals surface area (Å²) in [4.78, 5) is 28.0. The largest absolute Gasteiger partial charge is 0.481 e. The number of carboxylic acid groups (broad SMARTS) is 1. The van der Waals surface area contributed by atoms with E-state index in [0.29, 0.717) is 25.9 Å². The molecule has 18 heavy (non-hydrogen) atoms. The third-order valence-electron chi connectivity index (χ3n) is 3.13. The molecule has 2 rings (SSSR count). The standard InChI is InChI=1S/C12H13FN2O3/c13-10-1-4-14-7-9(10)11(16)15-5-2-8(3-6-15)12(17)18/h1,4,7-8H,2-3,5-6H2,(H,17,18). The van der Waals surface area contributed by atoms with Crippen LogP contribution in [0.1, 0.15) is 23.2 Å². The Morgan fingerprint density at radius 1 is 1.39 bits per heavy atom. The Bertz CT molecular complexity index is 470. The van der Waals surface area contributed by atoms with Crippen LogP contribution in [0.15, 0.2) is 18.5 Å². The van der Waals surface area contributed by atoms with Gasteiger partial charge in [0.15, 0.2) is 0 Å². The molecule has 0 aliphatic carbocycles. The van der Waals surface area contributed by atoms with Crippen molar-refractivity contribution in [2.45, 2.75) is 12.8 Å². The van der Waals surface area contributed by atoms with E-state index in [1.807, 2.05) is 0 Å². The number of aliphatic carboxylic acids is 1. The Balaban J connectivity index is 2.04. The number of nitrogens with zero attached hydrogens (tertiary/aromatic N) is 2. The highest BCUT2D eigenvalue weighted by Crippen LogP contribution is 2.19. The molecule has 96 valence electrons. The summed E-state index contributed by atoms with van der Waals surface area (Å²) in [6, 6.07) is 1.14. The highest BCUT2D eigenvalue weighted by Gasteiger charge is 2.28. The number of pyridine rings is 1. The summed E-state index contributed by atoms with van der Waals surface area (Å²) in [7, 11) is 0. The molecule has 1 saturated heterocycles. The van der Waals surface area contributed by atoms with Gasteiger partial charge in [-0.3, -0.25) is 14.6 Å². The van der Waals surface area contributed by atoms with Gasteiger partial charge in [-0.1, -0.05) is 0 Å². The molecular weight excluding hydrogens is 239 g/mol. The van der Waals surface area contributed by atoms with Gasteiger partial charge in [-0.25, -0.2) is 4.39 Å². The Kier molecular flexibility index (Phi) is 3.55. The van der Waals surface area contributed by atoms with Crippen molar-refractivity contribution < 1.29 is 19.1 Å². The molecule has 1 amide bonds. The van der Waals surface area contributed by atoms with Crippen LogP contribution in [0.3, 0.4) is 0 Å². The fourth-order valence-electron chi connectivity index (χ4n) is 2.03. The van der Waals surface area contributed by atoms with Crippen molar-refractivity contribution >= 4 is 11.9 Å². The SMILES string of the molecule is O=C(O)C1CCN(C(=O)c2cnccc2F)CC1. The molecule has 0 unspecified atom stereocenters. The summed E-state index contributed by atoms with van der Waals surface area (Å²) < 4.78 is 13.4. The lowest BCUT2D eigenvalue weighted by molar-refractivity contribution is -0.143. The van der Waals surface area contributed by atoms with E-state index in [0.717, 1.165) is 6.07 Å². The second-order valence-corrected chi connectivity index (χ2v) is 4.26. The van der Waals surface area contributed by atoms with Crippen LogP contribution in [0, 0.1) is 11.7 Å². The van der Waals surface area contributed by atoms with Crippen molar-refractivity contribution in [1.29, 1.82) is 0 Å². The summed E-state index contributed by atoms with van der Waals surface area (Å²) in [6.45, 7) is 0.675. The zero-order valence-corrected chi connectivity index (χ0v) is 9.67. The lowest BCUT2D eigenvalue weighted by Crippen LogP contribution is -2.40. The van der Waals surface area contributed by atoms with Crippen LogP contribution < -0.4 is 0 Å². The summed E-state index contributed by atoms with van der Waals surface area (Å²) in [5.74, 6) is -2.28. The average Bonchev–Trinajstić information content (AvgIpc) is 2.38. The number of rotatable bonds is 2. The lowest BCUT2D eigenvalue weighted by atomic mass is 9.97. The van der Waals surface area contributed by atoms with Crippen LogP contribution in [0.25, 0.3) is 0 Å². The van der Waals surface area contributed by atoms with Gasteiger partial charge < -0.3 is 10.0 Å². The fraction of sp³-hybridized carbons (Fsp3) is 0.417. The Labute approximate surface area is 103 Å². The van der Waals surface area contributed by atoms with E-state index in [4.69, 9.17) is 5.11 Å². The number of aromatic nitrogens is 1. The maximum Gasteiger partial charge on any atom is 0.306 e. The number of carbonyl (C=O) groups is 2. The number of carbonyl (C=O) groups excluding carboxylic acids is 1. The quantitative estimate of drug-likeness (QED) is 0.857. The molecule has 6 heteroatoms. The third-order valence-corrected chi connectivity index (χ3v) is 3.13. The molecule has 0 saturated carbocycles. The Morgan fingerprint density at radius 2 is 2.06 bits per heavy atom. The minimum absolute atomic E-state index is 0.0636. The van der Waals surface area contributed by atoms with Crippen LogP contribution >= 0.6 is 0 Å². The molecule has 0 aromatic carbocycles. The zero-order chi connectivity index (χ0) is 13.1. The minimum Gasteiger partial charge on any atom is -0.481 e. The van der Waals surface area contributed by atoms with Crippen LogP contribution in [-0.4, -0.2) is 40.0 Å². The molecule has 1 aromatic heterocycles. The first-order valence-corrected chi connectivity index (χ1v) is 5.71. The van der Waals surface area contributed by atoms with E-state index in [1.54, 1.807) is 0 Å². The van der Waals surface area contributed by atoms with Gasteiger partial charge in [0, 0.05) is 25.5 Å². The predicted molar refractivity (Wildman–Crippen MR) is 60.5 cm³/mol. The number of piperidine rings is 1. The smallest absolute Gasteiger partial charge is 0.306 e. The van der Waals surface area contributed by atoms with Gasteiger partial charge in [-0.15, -0.1) is 0 Å². The molecule has 0 spiro atoms. The molecule has 0 radical (unpaired) electrons. The molecule has 1 N–H and O–H groups in total. The summed E-state index contributed by atoms with van der Waals surface area (Å²) in [6.07, 6.45) is 3.29. The number of hydrogen-bond donors (Lipinski definition) is 1. The minimum atomic E-state index is -0.838. The molecule has 1 aliphatic rings. The molecule has 1 aromatic rings. The molecular formula is C12H13FN2O3. The molecule has 0 atom stereocenters. The van der Waals surface area contributed by atoms with Gasteiger partial charge in [0.05, 0.1) is 11.5 Å². The maximum absolute atomic E-state index is 13.4. The number of amides is 1. The normalized spacial score (nSPS) is 16.6. The number of carboxylic acids is 1. The second kappa shape index (κ2) is 5.12. The molecule has 0 bridgehead atoms. The average molecular weight is 252 g/mol. The van der Waals surface area contributed by atoms with Crippen molar-refractivity contribution in [3.8, 4) is 0 Å².